The first kappa shape index (κ1) is 15.3. The highest BCUT2D eigenvalue weighted by molar-refractivity contribution is 6.02. The topological polar surface area (TPSA) is 50.2 Å². The number of aryl methyl sites for hydroxylation is 1. The molecule has 2 amide bonds. The number of hydrogen-bond donors (Lipinski definition) is 1. The molecule has 1 aromatic rings. The van der Waals surface area contributed by atoms with Gasteiger partial charge in [-0.3, -0.25) is 4.90 Å². The third-order valence-electron chi connectivity index (χ3n) is 2.75. The van der Waals surface area contributed by atoms with E-state index in [0.29, 0.717) is 11.5 Å². The number of nitrogens with zero attached hydrogens (tertiary/aromatic N) is 3. The van der Waals surface area contributed by atoms with Crippen LogP contribution >= 0.6 is 0 Å². The Hall–Kier alpha value is -1.78. The molecule has 0 saturated carbocycles. The summed E-state index contributed by atoms with van der Waals surface area (Å²) in [5.74, 6) is 1.61. The van der Waals surface area contributed by atoms with Crippen molar-refractivity contribution in [3.05, 3.63) is 18.1 Å². The molecular weight excluding hydrogens is 240 g/mol. The Bertz CT molecular complexity index is 476. The number of fused-ring (bicyclic) bond motifs is 1. The van der Waals surface area contributed by atoms with Crippen molar-refractivity contribution < 1.29 is 4.79 Å². The molecule has 1 aromatic heterocycles. The van der Waals surface area contributed by atoms with Crippen LogP contribution in [0.4, 0.5) is 10.6 Å². The number of amides is 2. The molecule has 5 nitrogen and oxygen atoms in total. The van der Waals surface area contributed by atoms with E-state index < -0.39 is 0 Å². The van der Waals surface area contributed by atoms with E-state index in [1.807, 2.05) is 6.92 Å². The van der Waals surface area contributed by atoms with Crippen LogP contribution in [0.3, 0.4) is 0 Å². The van der Waals surface area contributed by atoms with Gasteiger partial charge in [-0.2, -0.15) is 0 Å². The Balaban J connectivity index is 0.000000550. The van der Waals surface area contributed by atoms with Crippen molar-refractivity contribution in [1.82, 2.24) is 14.9 Å². The van der Waals surface area contributed by atoms with Crippen molar-refractivity contribution in [2.45, 2.75) is 47.1 Å². The van der Waals surface area contributed by atoms with E-state index in [1.54, 1.807) is 7.05 Å². The molecule has 106 valence electrons. The molecule has 0 saturated heterocycles. The number of hydrogen-bond acceptors (Lipinski definition) is 2. The largest absolute Gasteiger partial charge is 0.327 e. The normalized spacial score (nSPS) is 13.6. The number of carbonyl (C=O) groups is 1. The molecule has 2 rings (SSSR count). The SMILES string of the molecule is C=C1NC(=O)N(C)c2nc(C)n(CCC)c21.CCC. The van der Waals surface area contributed by atoms with E-state index in [-0.39, 0.29) is 6.03 Å². The lowest BCUT2D eigenvalue weighted by molar-refractivity contribution is 0.250. The molecule has 1 N–H and O–H groups in total. The summed E-state index contributed by atoms with van der Waals surface area (Å²) in [5.41, 5.74) is 1.55. The minimum Gasteiger partial charge on any atom is -0.325 e. The number of nitrogens with one attached hydrogen (secondary N) is 1. The predicted octanol–water partition coefficient (Wildman–Crippen LogP) is 3.15. The van der Waals surface area contributed by atoms with Crippen LogP contribution in [-0.2, 0) is 6.54 Å². The standard InChI is InChI=1S/C11H16N4O.C3H8/c1-5-6-15-8(3)13-10-9(15)7(2)12-11(16)14(10)4;1-3-2/h2,5-6H2,1,3-4H3,(H,12,16);3H2,1-2H3. The highest BCUT2D eigenvalue weighted by atomic mass is 16.2. The summed E-state index contributed by atoms with van der Waals surface area (Å²) in [4.78, 5) is 17.5. The van der Waals surface area contributed by atoms with Gasteiger partial charge < -0.3 is 9.88 Å². The zero-order valence-corrected chi connectivity index (χ0v) is 12.6. The van der Waals surface area contributed by atoms with Gasteiger partial charge in [-0.25, -0.2) is 9.78 Å². The van der Waals surface area contributed by atoms with Crippen LogP contribution < -0.4 is 10.2 Å². The van der Waals surface area contributed by atoms with E-state index in [4.69, 9.17) is 0 Å². The zero-order chi connectivity index (χ0) is 14.6. The number of urea groups is 1. The molecule has 19 heavy (non-hydrogen) atoms. The maximum atomic E-state index is 11.6. The van der Waals surface area contributed by atoms with E-state index >= 15 is 0 Å². The molecule has 0 unspecified atom stereocenters. The van der Waals surface area contributed by atoms with Crippen molar-refractivity contribution in [3.63, 3.8) is 0 Å². The van der Waals surface area contributed by atoms with Gasteiger partial charge in [0.15, 0.2) is 5.82 Å². The molecule has 2 heterocycles. The van der Waals surface area contributed by atoms with Crippen LogP contribution in [0.2, 0.25) is 0 Å². The minimum absolute atomic E-state index is 0.182. The van der Waals surface area contributed by atoms with Crippen molar-refractivity contribution in [1.29, 1.82) is 0 Å². The zero-order valence-electron chi connectivity index (χ0n) is 12.6. The first-order valence-electron chi connectivity index (χ1n) is 6.78. The molecule has 0 bridgehead atoms. The summed E-state index contributed by atoms with van der Waals surface area (Å²) < 4.78 is 2.09. The average molecular weight is 264 g/mol. The van der Waals surface area contributed by atoms with E-state index in [9.17, 15) is 4.79 Å². The molecule has 5 heteroatoms. The van der Waals surface area contributed by atoms with Gasteiger partial charge in [-0.05, 0) is 13.3 Å². The Morgan fingerprint density at radius 2 is 1.89 bits per heavy atom. The summed E-state index contributed by atoms with van der Waals surface area (Å²) in [6, 6.07) is -0.182. The Morgan fingerprint density at radius 3 is 2.42 bits per heavy atom. The molecular formula is C14H24N4O. The second-order valence-corrected chi connectivity index (χ2v) is 4.66. The first-order valence-corrected chi connectivity index (χ1v) is 6.78. The Kier molecular flexibility index (Phi) is 5.15. The van der Waals surface area contributed by atoms with Crippen LogP contribution in [-0.4, -0.2) is 22.6 Å². The van der Waals surface area contributed by atoms with E-state index in [0.717, 1.165) is 24.5 Å². The Morgan fingerprint density at radius 1 is 1.32 bits per heavy atom. The number of anilines is 1. The maximum absolute atomic E-state index is 11.6. The summed E-state index contributed by atoms with van der Waals surface area (Å²) >= 11 is 0. The van der Waals surface area contributed by atoms with Crippen molar-refractivity contribution >= 4 is 17.5 Å². The lowest BCUT2D eigenvalue weighted by Gasteiger charge is -2.25. The first-order chi connectivity index (χ1) is 8.97. The second-order valence-electron chi connectivity index (χ2n) is 4.66. The monoisotopic (exact) mass is 264 g/mol. The molecule has 0 spiro atoms. The Labute approximate surface area is 115 Å². The van der Waals surface area contributed by atoms with Gasteiger partial charge in [-0.15, -0.1) is 0 Å². The molecule has 0 aromatic carbocycles. The lowest BCUT2D eigenvalue weighted by atomic mass is 10.2. The van der Waals surface area contributed by atoms with Gasteiger partial charge in [0.1, 0.15) is 11.5 Å². The summed E-state index contributed by atoms with van der Waals surface area (Å²) in [5, 5.41) is 2.73. The fraction of sp³-hybridized carbons (Fsp3) is 0.571. The van der Waals surface area contributed by atoms with E-state index in [1.165, 1.54) is 11.3 Å². The summed E-state index contributed by atoms with van der Waals surface area (Å²) in [6.07, 6.45) is 2.27. The fourth-order valence-electron chi connectivity index (χ4n) is 1.95. The highest BCUT2D eigenvalue weighted by Gasteiger charge is 2.28. The van der Waals surface area contributed by atoms with Crippen LogP contribution in [0.15, 0.2) is 6.58 Å². The number of rotatable bonds is 2. The third kappa shape index (κ3) is 2.97. The van der Waals surface area contributed by atoms with E-state index in [2.05, 4.69) is 42.2 Å². The summed E-state index contributed by atoms with van der Waals surface area (Å²) in [7, 11) is 1.71. The second kappa shape index (κ2) is 6.41. The highest BCUT2D eigenvalue weighted by Crippen LogP contribution is 2.29. The molecule has 0 radical (unpaired) electrons. The van der Waals surface area contributed by atoms with Crippen LogP contribution in [0.5, 0.6) is 0 Å². The third-order valence-corrected chi connectivity index (χ3v) is 2.75. The minimum atomic E-state index is -0.182. The van der Waals surface area contributed by atoms with Gasteiger partial charge in [0.25, 0.3) is 0 Å². The van der Waals surface area contributed by atoms with Gasteiger partial charge >= 0.3 is 6.03 Å². The van der Waals surface area contributed by atoms with Gasteiger partial charge in [0, 0.05) is 13.6 Å². The summed E-state index contributed by atoms with van der Waals surface area (Å²) in [6.45, 7) is 13.1. The van der Waals surface area contributed by atoms with Gasteiger partial charge in [-0.1, -0.05) is 33.8 Å². The van der Waals surface area contributed by atoms with Gasteiger partial charge in [0.2, 0.25) is 0 Å². The molecule has 1 aliphatic heterocycles. The van der Waals surface area contributed by atoms with Crippen LogP contribution in [0.25, 0.3) is 5.70 Å². The predicted molar refractivity (Wildman–Crippen MR) is 79.2 cm³/mol. The van der Waals surface area contributed by atoms with Crippen LogP contribution in [0, 0.1) is 6.92 Å². The maximum Gasteiger partial charge on any atom is 0.327 e. The fourth-order valence-corrected chi connectivity index (χ4v) is 1.95. The van der Waals surface area contributed by atoms with Crippen molar-refractivity contribution in [2.75, 3.05) is 11.9 Å². The lowest BCUT2D eigenvalue weighted by Crippen LogP contribution is -2.41. The smallest absolute Gasteiger partial charge is 0.325 e. The number of imidazole rings is 1. The molecule has 0 atom stereocenters. The molecule has 1 aliphatic rings. The average Bonchev–Trinajstić information content (AvgIpc) is 2.66. The molecule has 0 fully saturated rings. The number of aromatic nitrogens is 2. The van der Waals surface area contributed by atoms with Gasteiger partial charge in [0.05, 0.1) is 5.70 Å². The van der Waals surface area contributed by atoms with Crippen molar-refractivity contribution in [3.8, 4) is 0 Å². The number of carbonyl (C=O) groups excluding carboxylic acids is 1. The molecule has 0 aliphatic carbocycles. The quantitative estimate of drug-likeness (QED) is 0.892. The van der Waals surface area contributed by atoms with Crippen LogP contribution in [0.1, 0.15) is 45.1 Å². The van der Waals surface area contributed by atoms with Crippen molar-refractivity contribution in [2.24, 2.45) is 0 Å².